The van der Waals surface area contributed by atoms with E-state index in [1.165, 1.54) is 7.11 Å². The zero-order valence-electron chi connectivity index (χ0n) is 11.0. The number of carbonyl (C=O) groups is 2. The molecule has 6 nitrogen and oxygen atoms in total. The molecule has 18 heavy (non-hydrogen) atoms. The van der Waals surface area contributed by atoms with Gasteiger partial charge in [-0.2, -0.15) is 5.10 Å². The molecule has 0 saturated carbocycles. The van der Waals surface area contributed by atoms with Crippen molar-refractivity contribution in [3.05, 3.63) is 18.5 Å². The second-order valence-corrected chi connectivity index (χ2v) is 4.10. The van der Waals surface area contributed by atoms with Crippen LogP contribution in [0.15, 0.2) is 18.5 Å². The Morgan fingerprint density at radius 1 is 1.50 bits per heavy atom. The van der Waals surface area contributed by atoms with E-state index in [1.807, 2.05) is 0 Å². The van der Waals surface area contributed by atoms with E-state index in [4.69, 9.17) is 0 Å². The first-order valence-corrected chi connectivity index (χ1v) is 5.87. The SMILES string of the molecule is COC(=O)CCCN(C)C(=O)C(C)n1cccn1. The summed E-state index contributed by atoms with van der Waals surface area (Å²) in [4.78, 5) is 24.6. The fourth-order valence-corrected chi connectivity index (χ4v) is 1.61. The molecule has 1 unspecified atom stereocenters. The first-order valence-electron chi connectivity index (χ1n) is 5.87. The molecular formula is C12H19N3O3. The summed E-state index contributed by atoms with van der Waals surface area (Å²) in [6, 6.07) is 1.45. The van der Waals surface area contributed by atoms with Crippen molar-refractivity contribution in [2.24, 2.45) is 0 Å². The highest BCUT2D eigenvalue weighted by Gasteiger charge is 2.19. The number of amides is 1. The van der Waals surface area contributed by atoms with Gasteiger partial charge in [0.15, 0.2) is 0 Å². The summed E-state index contributed by atoms with van der Waals surface area (Å²) in [5, 5.41) is 4.04. The quantitative estimate of drug-likeness (QED) is 0.705. The smallest absolute Gasteiger partial charge is 0.305 e. The summed E-state index contributed by atoms with van der Waals surface area (Å²) in [5.41, 5.74) is 0. The van der Waals surface area contributed by atoms with Crippen molar-refractivity contribution in [2.45, 2.75) is 25.8 Å². The van der Waals surface area contributed by atoms with Gasteiger partial charge in [-0.1, -0.05) is 0 Å². The topological polar surface area (TPSA) is 64.4 Å². The first-order chi connectivity index (χ1) is 8.56. The van der Waals surface area contributed by atoms with E-state index in [1.54, 1.807) is 42.0 Å². The third kappa shape index (κ3) is 3.87. The van der Waals surface area contributed by atoms with Crippen molar-refractivity contribution in [3.63, 3.8) is 0 Å². The highest BCUT2D eigenvalue weighted by atomic mass is 16.5. The van der Waals surface area contributed by atoms with Crippen LogP contribution >= 0.6 is 0 Å². The molecule has 1 atom stereocenters. The van der Waals surface area contributed by atoms with E-state index < -0.39 is 0 Å². The Morgan fingerprint density at radius 3 is 2.78 bits per heavy atom. The van der Waals surface area contributed by atoms with Crippen molar-refractivity contribution >= 4 is 11.9 Å². The Bertz CT molecular complexity index is 389. The third-order valence-electron chi connectivity index (χ3n) is 2.76. The minimum atomic E-state index is -0.330. The molecule has 1 aromatic rings. The summed E-state index contributed by atoms with van der Waals surface area (Å²) in [6.07, 6.45) is 4.32. The van der Waals surface area contributed by atoms with E-state index in [2.05, 4.69) is 9.84 Å². The van der Waals surface area contributed by atoms with E-state index >= 15 is 0 Å². The number of aromatic nitrogens is 2. The van der Waals surface area contributed by atoms with Gasteiger partial charge < -0.3 is 9.64 Å². The summed E-state index contributed by atoms with van der Waals surface area (Å²) >= 11 is 0. The fourth-order valence-electron chi connectivity index (χ4n) is 1.61. The van der Waals surface area contributed by atoms with Crippen LogP contribution in [0.25, 0.3) is 0 Å². The maximum absolute atomic E-state index is 12.0. The summed E-state index contributed by atoms with van der Waals surface area (Å²) in [5.74, 6) is -0.278. The number of hydrogen-bond acceptors (Lipinski definition) is 4. The highest BCUT2D eigenvalue weighted by Crippen LogP contribution is 2.08. The lowest BCUT2D eigenvalue weighted by atomic mass is 10.2. The standard InChI is InChI=1S/C12H19N3O3/c1-10(15-9-5-7-13-15)12(17)14(2)8-4-6-11(16)18-3/h5,7,9-10H,4,6,8H2,1-3H3. The molecule has 0 bridgehead atoms. The molecular weight excluding hydrogens is 234 g/mol. The Hall–Kier alpha value is -1.85. The molecule has 1 amide bonds. The van der Waals surface area contributed by atoms with E-state index in [9.17, 15) is 9.59 Å². The van der Waals surface area contributed by atoms with E-state index in [0.29, 0.717) is 19.4 Å². The van der Waals surface area contributed by atoms with Gasteiger partial charge >= 0.3 is 5.97 Å². The van der Waals surface area contributed by atoms with Crippen molar-refractivity contribution in [1.82, 2.24) is 14.7 Å². The Kier molecular flexibility index (Phi) is 5.35. The van der Waals surface area contributed by atoms with Crippen LogP contribution in [0, 0.1) is 0 Å². The number of ether oxygens (including phenoxy) is 1. The second-order valence-electron chi connectivity index (χ2n) is 4.10. The number of hydrogen-bond donors (Lipinski definition) is 0. The number of rotatable bonds is 6. The Labute approximate surface area is 107 Å². The van der Waals surface area contributed by atoms with Crippen LogP contribution in [0.5, 0.6) is 0 Å². The number of esters is 1. The predicted octanol–water partition coefficient (Wildman–Crippen LogP) is 0.856. The van der Waals surface area contributed by atoms with Gasteiger partial charge in [-0.25, -0.2) is 0 Å². The minimum Gasteiger partial charge on any atom is -0.469 e. The largest absolute Gasteiger partial charge is 0.469 e. The molecule has 0 saturated heterocycles. The molecule has 1 heterocycles. The van der Waals surface area contributed by atoms with Gasteiger partial charge in [-0.3, -0.25) is 14.3 Å². The van der Waals surface area contributed by atoms with Crippen molar-refractivity contribution in [2.75, 3.05) is 20.7 Å². The number of methoxy groups -OCH3 is 1. The molecule has 1 rings (SSSR count). The van der Waals surface area contributed by atoms with Crippen LogP contribution in [-0.2, 0) is 14.3 Å². The van der Waals surface area contributed by atoms with Crippen LogP contribution < -0.4 is 0 Å². The molecule has 0 aromatic carbocycles. The lowest BCUT2D eigenvalue weighted by Crippen LogP contribution is -2.34. The van der Waals surface area contributed by atoms with Crippen LogP contribution in [0.1, 0.15) is 25.8 Å². The van der Waals surface area contributed by atoms with Gasteiger partial charge in [0.25, 0.3) is 0 Å². The molecule has 0 N–H and O–H groups in total. The van der Waals surface area contributed by atoms with E-state index in [0.717, 1.165) is 0 Å². The average Bonchev–Trinajstić information content (AvgIpc) is 2.90. The molecule has 1 aromatic heterocycles. The van der Waals surface area contributed by atoms with Crippen molar-refractivity contribution in [1.29, 1.82) is 0 Å². The number of likely N-dealkylation sites (N-methyl/N-ethyl adjacent to an activating group) is 1. The summed E-state index contributed by atoms with van der Waals surface area (Å²) < 4.78 is 6.15. The Balaban J connectivity index is 2.39. The highest BCUT2D eigenvalue weighted by molar-refractivity contribution is 5.79. The normalized spacial score (nSPS) is 11.9. The fraction of sp³-hybridized carbons (Fsp3) is 0.583. The molecule has 100 valence electrons. The molecule has 0 radical (unpaired) electrons. The Morgan fingerprint density at radius 2 is 2.22 bits per heavy atom. The van der Waals surface area contributed by atoms with Gasteiger partial charge in [0.1, 0.15) is 6.04 Å². The maximum Gasteiger partial charge on any atom is 0.305 e. The zero-order chi connectivity index (χ0) is 13.5. The third-order valence-corrected chi connectivity index (χ3v) is 2.76. The van der Waals surface area contributed by atoms with Gasteiger partial charge in [0.2, 0.25) is 5.91 Å². The number of carbonyl (C=O) groups excluding carboxylic acids is 2. The predicted molar refractivity (Wildman–Crippen MR) is 65.8 cm³/mol. The van der Waals surface area contributed by atoms with Gasteiger partial charge in [0, 0.05) is 32.4 Å². The maximum atomic E-state index is 12.0. The summed E-state index contributed by atoms with van der Waals surface area (Å²) in [6.45, 7) is 2.33. The van der Waals surface area contributed by atoms with Crippen LogP contribution in [0.4, 0.5) is 0 Å². The zero-order valence-corrected chi connectivity index (χ0v) is 11.0. The van der Waals surface area contributed by atoms with Gasteiger partial charge in [-0.15, -0.1) is 0 Å². The van der Waals surface area contributed by atoms with Crippen molar-refractivity contribution < 1.29 is 14.3 Å². The molecule has 0 fully saturated rings. The molecule has 0 aliphatic carbocycles. The van der Waals surface area contributed by atoms with E-state index in [-0.39, 0.29) is 17.9 Å². The van der Waals surface area contributed by atoms with Crippen LogP contribution in [0.2, 0.25) is 0 Å². The summed E-state index contributed by atoms with van der Waals surface area (Å²) in [7, 11) is 3.08. The lowest BCUT2D eigenvalue weighted by molar-refractivity contribution is -0.141. The van der Waals surface area contributed by atoms with Crippen LogP contribution in [0.3, 0.4) is 0 Å². The monoisotopic (exact) mass is 253 g/mol. The van der Waals surface area contributed by atoms with Crippen LogP contribution in [-0.4, -0.2) is 47.3 Å². The van der Waals surface area contributed by atoms with Crippen molar-refractivity contribution in [3.8, 4) is 0 Å². The molecule has 0 spiro atoms. The molecule has 6 heteroatoms. The number of nitrogens with zero attached hydrogens (tertiary/aromatic N) is 3. The average molecular weight is 253 g/mol. The van der Waals surface area contributed by atoms with Gasteiger partial charge in [0.05, 0.1) is 7.11 Å². The van der Waals surface area contributed by atoms with Gasteiger partial charge in [-0.05, 0) is 19.4 Å². The second kappa shape index (κ2) is 6.78. The lowest BCUT2D eigenvalue weighted by Gasteiger charge is -2.21. The minimum absolute atomic E-state index is 0.0245. The first kappa shape index (κ1) is 14.2. The molecule has 0 aliphatic rings. The molecule has 0 aliphatic heterocycles.